The zero-order valence-electron chi connectivity index (χ0n) is 78.1. The van der Waals surface area contributed by atoms with Crippen LogP contribution in [0, 0.1) is 0 Å². The number of nitrogens with one attached hydrogen (secondary N) is 4. The highest BCUT2D eigenvalue weighted by Gasteiger charge is 2.53. The summed E-state index contributed by atoms with van der Waals surface area (Å²) in [5.74, 6) is 1.15. The number of rotatable bonds is 82. The zero-order valence-corrected chi connectivity index (χ0v) is 78.1. The number of ether oxygens (including phenoxy) is 5. The van der Waals surface area contributed by atoms with Crippen LogP contribution in [0.2, 0.25) is 0 Å². The second kappa shape index (κ2) is 74.8. The number of anilines is 2. The molecule has 0 radical (unpaired) electrons. The van der Waals surface area contributed by atoms with E-state index in [1.54, 1.807) is 6.20 Å². The van der Waals surface area contributed by atoms with E-state index < -0.39 is 29.9 Å². The first kappa shape index (κ1) is 107. The van der Waals surface area contributed by atoms with E-state index in [0.29, 0.717) is 79.9 Å². The number of alkyl carbamates (subject to hydrolysis) is 2. The minimum Gasteiger partial charge on any atom is -0.478 e. The van der Waals surface area contributed by atoms with Gasteiger partial charge >= 0.3 is 24.2 Å². The number of hydrogen-bond donors (Lipinski definition) is 5. The molecule has 1 spiro atoms. The monoisotopic (exact) mass is 1690 g/mol. The third kappa shape index (κ3) is 51.5. The van der Waals surface area contributed by atoms with Crippen LogP contribution in [0.25, 0.3) is 0 Å². The van der Waals surface area contributed by atoms with E-state index in [0.717, 1.165) is 68.4 Å². The van der Waals surface area contributed by atoms with Gasteiger partial charge < -0.3 is 59.9 Å². The molecule has 0 aromatic heterocycles. The van der Waals surface area contributed by atoms with Crippen LogP contribution in [0.4, 0.5) is 25.8 Å². The van der Waals surface area contributed by atoms with E-state index >= 15 is 0 Å². The van der Waals surface area contributed by atoms with Crippen molar-refractivity contribution in [1.82, 2.24) is 21.3 Å². The van der Waals surface area contributed by atoms with Gasteiger partial charge in [0.1, 0.15) is 31.3 Å². The van der Waals surface area contributed by atoms with Crippen LogP contribution in [0.1, 0.15) is 466 Å². The Balaban J connectivity index is 0.00000121. The molecular formula is C105H180N6O10. The molecule has 1 unspecified atom stereocenters. The first-order valence-corrected chi connectivity index (χ1v) is 50.8. The Labute approximate surface area is 740 Å². The standard InChI is InChI=1S/C86H141N5O8.C19H39NO2/c1-6-10-13-16-19-22-25-28-31-34-37-40-43-46-49-54-63-87-74(5)95-69-67-91(68-71-97-85(94)89-65-56-51-48-45-42-39-36-33-30-27-24-21-18-15-12-8-3)76-60-62-80-82(73-76)98-81-72-75(59-61-79(81)86(80)78-58-53-52-57-77(78)83(92)99-86)90(9-4)66-70-96-84(93)88-64-55-50-47-44-41-38-35-32-29-26-23-20-17-14-11-7-2;1-2-3-4-5-6-7-8-9-10-11-12-13-14-15-16-17-18-20-19(21)22/h9,52-53,57-62,72-73,87H,4-8,10-51,54-56,63-71H2,1-3H3,(H,88,93)(H,89,94);20H,2-18H2,1H3,(H,21,22). The fourth-order valence-electron chi connectivity index (χ4n) is 17.1. The lowest BCUT2D eigenvalue weighted by atomic mass is 9.77. The average Bonchev–Trinajstić information content (AvgIpc) is 1.58. The van der Waals surface area contributed by atoms with Crippen LogP contribution in [0.3, 0.4) is 0 Å². The zero-order chi connectivity index (χ0) is 86.6. The molecule has 1 atom stereocenters. The Hall–Kier alpha value is -6.58. The highest BCUT2D eigenvalue weighted by atomic mass is 16.6. The van der Waals surface area contributed by atoms with Crippen molar-refractivity contribution in [3.8, 4) is 11.5 Å². The lowest BCUT2D eigenvalue weighted by Crippen LogP contribution is -2.35. The average molecular weight is 1690 g/mol. The number of unbranched alkanes of at least 4 members (excludes halogenated alkanes) is 60. The van der Waals surface area contributed by atoms with E-state index in [1.165, 1.54) is 366 Å². The van der Waals surface area contributed by atoms with Crippen molar-refractivity contribution in [2.45, 2.75) is 444 Å². The van der Waals surface area contributed by atoms with Gasteiger partial charge in [0.25, 0.3) is 0 Å². The largest absolute Gasteiger partial charge is 0.478 e. The summed E-state index contributed by atoms with van der Waals surface area (Å²) in [6.45, 7) is 21.8. The number of fused-ring (bicyclic) bond motifs is 6. The van der Waals surface area contributed by atoms with E-state index in [-0.39, 0.29) is 13.2 Å². The van der Waals surface area contributed by atoms with Crippen LogP contribution in [-0.4, -0.2) is 95.0 Å². The molecule has 0 saturated heterocycles. The van der Waals surface area contributed by atoms with Gasteiger partial charge in [0.2, 0.25) is 0 Å². The predicted molar refractivity (Wildman–Crippen MR) is 510 cm³/mol. The van der Waals surface area contributed by atoms with Crippen molar-refractivity contribution < 1.29 is 48.0 Å². The van der Waals surface area contributed by atoms with Crippen LogP contribution in [0.5, 0.6) is 11.5 Å². The predicted octanol–water partition coefficient (Wildman–Crippen LogP) is 30.8. The second-order valence-corrected chi connectivity index (χ2v) is 35.2. The molecule has 2 heterocycles. The molecule has 5 rings (SSSR count). The number of esters is 1. The van der Waals surface area contributed by atoms with Gasteiger partial charge in [-0.05, 0) is 68.8 Å². The molecule has 690 valence electrons. The van der Waals surface area contributed by atoms with Crippen LogP contribution >= 0.6 is 0 Å². The maximum atomic E-state index is 13.9. The third-order valence-electron chi connectivity index (χ3n) is 24.7. The Morgan fingerprint density at radius 2 is 0.653 bits per heavy atom. The maximum absolute atomic E-state index is 13.9. The number of benzene rings is 3. The molecule has 2 aliphatic rings. The topological polar surface area (TPSA) is 189 Å². The molecule has 3 amide bonds. The van der Waals surface area contributed by atoms with E-state index in [2.05, 4.69) is 67.0 Å². The van der Waals surface area contributed by atoms with Gasteiger partial charge in [-0.1, -0.05) is 438 Å². The van der Waals surface area contributed by atoms with E-state index in [1.807, 2.05) is 65.6 Å². The van der Waals surface area contributed by atoms with Gasteiger partial charge in [-0.25, -0.2) is 19.2 Å². The number of carbonyl (C=O) groups excluding carboxylic acids is 3. The van der Waals surface area contributed by atoms with E-state index in [9.17, 15) is 19.2 Å². The number of amides is 3. The normalized spacial score (nSPS) is 13.0. The van der Waals surface area contributed by atoms with Crippen LogP contribution < -0.4 is 35.8 Å². The molecule has 0 fully saturated rings. The van der Waals surface area contributed by atoms with Gasteiger partial charge in [0.05, 0.1) is 25.2 Å². The molecule has 16 heteroatoms. The number of carbonyl (C=O) groups is 4. The van der Waals surface area contributed by atoms with Gasteiger partial charge in [-0.2, -0.15) is 0 Å². The van der Waals surface area contributed by atoms with Crippen molar-refractivity contribution in [3.63, 3.8) is 0 Å². The summed E-state index contributed by atoms with van der Waals surface area (Å²) in [6.07, 6.45) is 84.6. The summed E-state index contributed by atoms with van der Waals surface area (Å²) in [5, 5.41) is 20.2. The van der Waals surface area contributed by atoms with E-state index in [4.69, 9.17) is 28.8 Å². The summed E-state index contributed by atoms with van der Waals surface area (Å²) >= 11 is 0. The van der Waals surface area contributed by atoms with Crippen molar-refractivity contribution in [1.29, 1.82) is 0 Å². The van der Waals surface area contributed by atoms with Crippen molar-refractivity contribution in [2.24, 2.45) is 0 Å². The molecule has 2 aliphatic heterocycles. The summed E-state index contributed by atoms with van der Waals surface area (Å²) in [6, 6.07) is 19.3. The van der Waals surface area contributed by atoms with Gasteiger partial charge in [0, 0.05) is 66.4 Å². The van der Waals surface area contributed by atoms with Gasteiger partial charge in [0.15, 0.2) is 11.5 Å². The molecular weight excluding hydrogens is 1510 g/mol. The van der Waals surface area contributed by atoms with Crippen LogP contribution in [-0.2, 0) is 24.5 Å². The molecule has 0 aliphatic carbocycles. The van der Waals surface area contributed by atoms with Crippen LogP contribution in [0.15, 0.2) is 85.9 Å². The third-order valence-corrected chi connectivity index (χ3v) is 24.7. The Kier molecular flexibility index (Phi) is 66.0. The van der Waals surface area contributed by atoms with Crippen molar-refractivity contribution >= 4 is 35.6 Å². The SMILES string of the molecule is C=CN(CCOC(=O)NCCCCCCCCCCCCCCCCCC)c1ccc2c(c1)Oc1cc(N(CCOC(=C)NCCCCCCCCCCCCCCCCCC)CCOC(=O)NCCCCCCCCCCCCCCCCCC)ccc1C21OC(=O)c2ccccc21.CCCCCCCCCCCCCCCCCCNC(=O)O. The van der Waals surface area contributed by atoms with Crippen molar-refractivity contribution in [2.75, 3.05) is 75.4 Å². The molecule has 16 nitrogen and oxygen atoms in total. The summed E-state index contributed by atoms with van der Waals surface area (Å²) < 4.78 is 31.2. The molecule has 0 saturated carbocycles. The molecule has 121 heavy (non-hydrogen) atoms. The number of nitrogens with zero attached hydrogens (tertiary/aromatic N) is 2. The maximum Gasteiger partial charge on any atom is 0.407 e. The number of carboxylic acid groups (broad SMARTS) is 1. The smallest absolute Gasteiger partial charge is 0.407 e. The number of hydrogen-bond acceptors (Lipinski definition) is 12. The first-order valence-electron chi connectivity index (χ1n) is 50.8. The molecule has 3 aromatic rings. The second-order valence-electron chi connectivity index (χ2n) is 35.2. The first-order chi connectivity index (χ1) is 59.5. The Morgan fingerprint density at radius 1 is 0.364 bits per heavy atom. The highest BCUT2D eigenvalue weighted by molar-refractivity contribution is 5.97. The Bertz CT molecular complexity index is 3000. The molecule has 3 aromatic carbocycles. The van der Waals surface area contributed by atoms with Gasteiger partial charge in [-0.3, -0.25) is 0 Å². The highest BCUT2D eigenvalue weighted by Crippen LogP contribution is 2.57. The lowest BCUT2D eigenvalue weighted by Gasteiger charge is -2.37. The fourth-order valence-corrected chi connectivity index (χ4v) is 17.1. The fraction of sp³-hybridized carbons (Fsp3) is 0.752. The molecule has 0 bridgehead atoms. The van der Waals surface area contributed by atoms with Crippen molar-refractivity contribution in [3.05, 3.63) is 108 Å². The summed E-state index contributed by atoms with van der Waals surface area (Å²) in [7, 11) is 0. The minimum atomic E-state index is -1.29. The lowest BCUT2D eigenvalue weighted by molar-refractivity contribution is 0.0224. The van der Waals surface area contributed by atoms with Gasteiger partial charge in [-0.15, -0.1) is 0 Å². The quantitative estimate of drug-likeness (QED) is 0.0156. The Morgan fingerprint density at radius 3 is 0.992 bits per heavy atom. The summed E-state index contributed by atoms with van der Waals surface area (Å²) in [5.41, 5.74) is 2.89. The molecule has 5 N–H and O–H groups in total. The summed E-state index contributed by atoms with van der Waals surface area (Å²) in [4.78, 5) is 54.2. The minimum absolute atomic E-state index is 0.142.